The third kappa shape index (κ3) is 4.51. The second-order valence-corrected chi connectivity index (χ2v) is 4.24. The summed E-state index contributed by atoms with van der Waals surface area (Å²) in [6.07, 6.45) is 0. The monoisotopic (exact) mass is 364 g/mol. The van der Waals surface area contributed by atoms with E-state index in [1.165, 1.54) is 0 Å². The van der Waals surface area contributed by atoms with E-state index in [1.54, 1.807) is 0 Å². The van der Waals surface area contributed by atoms with E-state index < -0.39 is 60.9 Å². The van der Waals surface area contributed by atoms with Gasteiger partial charge in [-0.15, -0.1) is 0 Å². The number of aliphatic carboxylic acids is 2. The fraction of sp³-hybridized carbons (Fsp3) is 0.600. The molecule has 0 saturated carbocycles. The van der Waals surface area contributed by atoms with Crippen molar-refractivity contribution in [2.24, 2.45) is 0 Å². The van der Waals surface area contributed by atoms with Gasteiger partial charge in [-0.05, 0) is 0 Å². The standard InChI is InChI=1S/C10H12F4N2O8/c11-9(12,7(23)15-3(1-17)5(19)20)10(13,14)8(24)16-4(2-18)6(21)22/h3-4,17-18H,1-2H2,(H,15,23)(H,16,24)(H,19,20)(H,21,22)/t3-,4+. The molecule has 14 heteroatoms. The van der Waals surface area contributed by atoms with Crippen molar-refractivity contribution in [2.45, 2.75) is 23.9 Å². The number of aliphatic hydroxyl groups excluding tert-OH is 2. The zero-order valence-electron chi connectivity index (χ0n) is 11.5. The van der Waals surface area contributed by atoms with Crippen LogP contribution in [0, 0.1) is 0 Å². The molecule has 0 bridgehead atoms. The Balaban J connectivity index is 5.34. The normalized spacial score (nSPS) is 14.4. The van der Waals surface area contributed by atoms with Crippen molar-refractivity contribution in [2.75, 3.05) is 13.2 Å². The predicted octanol–water partition coefficient (Wildman–Crippen LogP) is -2.62. The van der Waals surface area contributed by atoms with Crippen molar-refractivity contribution in [1.82, 2.24) is 10.6 Å². The van der Waals surface area contributed by atoms with E-state index in [9.17, 15) is 36.7 Å². The quantitative estimate of drug-likeness (QED) is 0.241. The molecule has 0 aromatic heterocycles. The maximum atomic E-state index is 13.5. The minimum Gasteiger partial charge on any atom is -0.480 e. The number of carboxylic acid groups (broad SMARTS) is 2. The molecule has 0 aliphatic carbocycles. The molecule has 0 rings (SSSR count). The van der Waals surface area contributed by atoms with Gasteiger partial charge in [0.1, 0.15) is 0 Å². The number of nitrogens with one attached hydrogen (secondary N) is 2. The number of halogens is 4. The molecule has 0 saturated heterocycles. The van der Waals surface area contributed by atoms with Crippen LogP contribution in [-0.2, 0) is 19.2 Å². The fourth-order valence-electron chi connectivity index (χ4n) is 1.15. The molecule has 24 heavy (non-hydrogen) atoms. The van der Waals surface area contributed by atoms with Crippen LogP contribution in [0.25, 0.3) is 0 Å². The SMILES string of the molecule is O=C(O)[C@H](CO)NC(=O)C(F)(F)C(F)(F)C(=O)N[C@H](CO)C(=O)O. The molecule has 0 spiro atoms. The lowest BCUT2D eigenvalue weighted by molar-refractivity contribution is -0.212. The second-order valence-electron chi connectivity index (χ2n) is 4.24. The molecule has 6 N–H and O–H groups in total. The summed E-state index contributed by atoms with van der Waals surface area (Å²) in [5.74, 6) is -21.4. The summed E-state index contributed by atoms with van der Waals surface area (Å²) in [5.41, 5.74) is 0. The first-order valence-electron chi connectivity index (χ1n) is 5.87. The van der Waals surface area contributed by atoms with Crippen LogP contribution < -0.4 is 10.6 Å². The van der Waals surface area contributed by atoms with Gasteiger partial charge in [0.05, 0.1) is 13.2 Å². The Hall–Kier alpha value is -2.48. The molecule has 10 nitrogen and oxygen atoms in total. The van der Waals surface area contributed by atoms with Crippen molar-refractivity contribution < 1.29 is 57.2 Å². The lowest BCUT2D eigenvalue weighted by atomic mass is 10.1. The number of aliphatic hydroxyl groups is 2. The van der Waals surface area contributed by atoms with Crippen LogP contribution >= 0.6 is 0 Å². The minimum absolute atomic E-state index is 0.893. The maximum absolute atomic E-state index is 13.5. The molecule has 0 aliphatic rings. The van der Waals surface area contributed by atoms with Gasteiger partial charge >= 0.3 is 23.8 Å². The lowest BCUT2D eigenvalue weighted by Gasteiger charge is -2.26. The largest absolute Gasteiger partial charge is 0.480 e. The molecule has 2 amide bonds. The number of carboxylic acids is 2. The van der Waals surface area contributed by atoms with Gasteiger partial charge in [-0.3, -0.25) is 9.59 Å². The molecule has 138 valence electrons. The third-order valence-corrected chi connectivity index (χ3v) is 2.54. The predicted molar refractivity (Wildman–Crippen MR) is 63.2 cm³/mol. The van der Waals surface area contributed by atoms with Crippen molar-refractivity contribution in [3.8, 4) is 0 Å². The van der Waals surface area contributed by atoms with Crippen LogP contribution in [0.15, 0.2) is 0 Å². The van der Waals surface area contributed by atoms with Gasteiger partial charge in [0.25, 0.3) is 11.8 Å². The number of amides is 2. The Kier molecular flexibility index (Phi) is 7.06. The molecule has 0 radical (unpaired) electrons. The fourth-order valence-corrected chi connectivity index (χ4v) is 1.15. The highest BCUT2D eigenvalue weighted by molar-refractivity contribution is 5.97. The molecule has 0 heterocycles. The molecule has 0 unspecified atom stereocenters. The highest BCUT2D eigenvalue weighted by Crippen LogP contribution is 2.35. The third-order valence-electron chi connectivity index (χ3n) is 2.54. The van der Waals surface area contributed by atoms with Gasteiger partial charge in [0, 0.05) is 0 Å². The molecule has 2 atom stereocenters. The van der Waals surface area contributed by atoms with E-state index in [4.69, 9.17) is 20.4 Å². The number of hydrogen-bond donors (Lipinski definition) is 6. The molecular formula is C10H12F4N2O8. The van der Waals surface area contributed by atoms with Crippen LogP contribution in [0.2, 0.25) is 0 Å². The summed E-state index contributed by atoms with van der Waals surface area (Å²) in [7, 11) is 0. The zero-order valence-corrected chi connectivity index (χ0v) is 11.5. The highest BCUT2D eigenvalue weighted by atomic mass is 19.3. The van der Waals surface area contributed by atoms with Crippen molar-refractivity contribution >= 4 is 23.8 Å². The maximum Gasteiger partial charge on any atom is 0.395 e. The van der Waals surface area contributed by atoms with Crippen LogP contribution in [0.1, 0.15) is 0 Å². The smallest absolute Gasteiger partial charge is 0.395 e. The number of rotatable bonds is 9. The van der Waals surface area contributed by atoms with E-state index in [-0.39, 0.29) is 0 Å². The summed E-state index contributed by atoms with van der Waals surface area (Å²) >= 11 is 0. The summed E-state index contributed by atoms with van der Waals surface area (Å²) in [6, 6.07) is -4.68. The van der Waals surface area contributed by atoms with E-state index in [0.717, 1.165) is 10.6 Å². The Bertz CT molecular complexity index is 481. The number of hydrogen-bond acceptors (Lipinski definition) is 6. The Morgan fingerprint density at radius 3 is 1.17 bits per heavy atom. The molecule has 0 aromatic carbocycles. The van der Waals surface area contributed by atoms with Crippen LogP contribution in [-0.4, -0.2) is 81.3 Å². The van der Waals surface area contributed by atoms with E-state index >= 15 is 0 Å². The Labute approximate surface area is 130 Å². The topological polar surface area (TPSA) is 173 Å². The Morgan fingerprint density at radius 1 is 0.750 bits per heavy atom. The molecule has 0 aliphatic heterocycles. The first kappa shape index (κ1) is 21.5. The van der Waals surface area contributed by atoms with Gasteiger partial charge in [0.15, 0.2) is 12.1 Å². The van der Waals surface area contributed by atoms with E-state index in [2.05, 4.69) is 0 Å². The van der Waals surface area contributed by atoms with Crippen LogP contribution in [0.3, 0.4) is 0 Å². The van der Waals surface area contributed by atoms with Crippen molar-refractivity contribution in [3.05, 3.63) is 0 Å². The van der Waals surface area contributed by atoms with Gasteiger partial charge in [-0.1, -0.05) is 0 Å². The van der Waals surface area contributed by atoms with E-state index in [1.807, 2.05) is 0 Å². The van der Waals surface area contributed by atoms with Gasteiger partial charge in [-0.25, -0.2) is 9.59 Å². The lowest BCUT2D eigenvalue weighted by Crippen LogP contribution is -2.63. The second kappa shape index (κ2) is 7.87. The van der Waals surface area contributed by atoms with Gasteiger partial charge in [-0.2, -0.15) is 17.6 Å². The molecule has 0 aromatic rings. The summed E-state index contributed by atoms with van der Waals surface area (Å²) in [5, 5.41) is 35.7. The first-order valence-corrected chi connectivity index (χ1v) is 5.87. The van der Waals surface area contributed by atoms with Crippen molar-refractivity contribution in [1.29, 1.82) is 0 Å². The summed E-state index contributed by atoms with van der Waals surface area (Å²) in [6.45, 7) is -2.80. The van der Waals surface area contributed by atoms with Crippen LogP contribution in [0.5, 0.6) is 0 Å². The number of carbonyl (C=O) groups is 4. The zero-order chi connectivity index (χ0) is 19.3. The average Bonchev–Trinajstić information content (AvgIpc) is 2.48. The van der Waals surface area contributed by atoms with Gasteiger partial charge in [0.2, 0.25) is 0 Å². The molecular weight excluding hydrogens is 352 g/mol. The summed E-state index contributed by atoms with van der Waals surface area (Å²) < 4.78 is 53.8. The minimum atomic E-state index is -5.78. The van der Waals surface area contributed by atoms with Crippen molar-refractivity contribution in [3.63, 3.8) is 0 Å². The highest BCUT2D eigenvalue weighted by Gasteiger charge is 2.67. The first-order chi connectivity index (χ1) is 10.8. The average molecular weight is 364 g/mol. The number of alkyl halides is 4. The van der Waals surface area contributed by atoms with Gasteiger partial charge < -0.3 is 31.1 Å². The Morgan fingerprint density at radius 2 is 1.00 bits per heavy atom. The van der Waals surface area contributed by atoms with E-state index in [0.29, 0.717) is 0 Å². The number of carbonyl (C=O) groups excluding carboxylic acids is 2. The summed E-state index contributed by atoms with van der Waals surface area (Å²) in [4.78, 5) is 43.1. The van der Waals surface area contributed by atoms with Crippen LogP contribution in [0.4, 0.5) is 17.6 Å². The molecule has 0 fully saturated rings.